The molecule has 0 saturated carbocycles. The highest BCUT2D eigenvalue weighted by Gasteiger charge is 2.62. The van der Waals surface area contributed by atoms with E-state index >= 15 is 0 Å². The van der Waals surface area contributed by atoms with E-state index in [9.17, 15) is 9.59 Å². The second-order valence-electron chi connectivity index (χ2n) is 16.0. The zero-order valence-corrected chi connectivity index (χ0v) is 33.1. The number of methoxy groups -OCH3 is 2. The molecular formula is C43H49IN4O4. The lowest BCUT2D eigenvalue weighted by Crippen LogP contribution is -2.63. The zero-order valence-electron chi connectivity index (χ0n) is 30.9. The molecule has 8 unspecified atom stereocenters. The maximum absolute atomic E-state index is 13.3. The van der Waals surface area contributed by atoms with Crippen molar-refractivity contribution < 1.29 is 19.1 Å². The van der Waals surface area contributed by atoms with Crippen LogP contribution in [-0.2, 0) is 42.7 Å². The number of aromatic nitrogens is 2. The van der Waals surface area contributed by atoms with Crippen molar-refractivity contribution in [3.05, 3.63) is 91.3 Å². The molecule has 8 nitrogen and oxygen atoms in total. The maximum atomic E-state index is 13.3. The topological polar surface area (TPSA) is 90.7 Å². The number of carbonyl (C=O) groups is 2. The van der Waals surface area contributed by atoms with Gasteiger partial charge in [-0.3, -0.25) is 19.4 Å². The van der Waals surface area contributed by atoms with Crippen molar-refractivity contribution in [1.29, 1.82) is 0 Å². The zero-order chi connectivity index (χ0) is 36.1. The van der Waals surface area contributed by atoms with Gasteiger partial charge in [0, 0.05) is 62.9 Å². The SMILES string of the molecule is CCC1=CC2CN3CCc4c([nH]c5ccc(C)cc45)C(C(=O)OC)(C2)C13.CCC1=CC2CN3CCc4c([nH]c5ccc(I)cc45)C(C(=O)OC)(C2)C13. The minimum atomic E-state index is -0.603. The molecule has 0 spiro atoms. The van der Waals surface area contributed by atoms with Gasteiger partial charge in [0.15, 0.2) is 0 Å². The van der Waals surface area contributed by atoms with Gasteiger partial charge in [0.05, 0.1) is 26.3 Å². The highest BCUT2D eigenvalue weighted by Crippen LogP contribution is 2.54. The Hall–Kier alpha value is -3.41. The number of hydrogen-bond donors (Lipinski definition) is 2. The molecule has 2 fully saturated rings. The fourth-order valence-corrected chi connectivity index (χ4v) is 12.1. The molecule has 8 heterocycles. The summed E-state index contributed by atoms with van der Waals surface area (Å²) in [5.41, 5.74) is 9.99. The number of aryl methyl sites for hydroxylation is 1. The number of fused-ring (bicyclic) bond motifs is 6. The standard InChI is InChI=1S/C22H26N2O2.C21H23IN2O2/c1-4-15-10-14-11-22(21(25)26-3)19-16(7-8-24(12-14)20(15)22)17-9-13(2)5-6-18(17)23-19;1-3-13-8-12-10-21(20(25)26-2)18-15(6-7-24(11-12)19(13)21)16-9-14(22)4-5-17(16)23-18/h5-6,9-10,14,20,23H,4,7-8,11-12H2,1-3H3;4-5,8-9,12,19,23H,3,6-7,10-11H2,1-2H3. The Morgan fingerprint density at radius 2 is 1.25 bits per heavy atom. The van der Waals surface area contributed by atoms with E-state index in [2.05, 4.69) is 112 Å². The molecule has 9 heteroatoms. The summed E-state index contributed by atoms with van der Waals surface area (Å²) in [5, 5.41) is 2.54. The van der Waals surface area contributed by atoms with Crippen LogP contribution in [0.4, 0.5) is 0 Å². The predicted octanol–water partition coefficient (Wildman–Crippen LogP) is 7.26. The number of ether oxygens (including phenoxy) is 2. The first-order valence-corrected chi connectivity index (χ1v) is 20.2. The molecule has 6 aliphatic heterocycles. The second kappa shape index (κ2) is 12.6. The highest BCUT2D eigenvalue weighted by atomic mass is 127. The first kappa shape index (κ1) is 34.4. The number of H-pyrrole nitrogens is 2. The molecule has 2 N–H and O–H groups in total. The molecule has 8 aliphatic rings. The average Bonchev–Trinajstić information content (AvgIpc) is 3.67. The number of esters is 2. The summed E-state index contributed by atoms with van der Waals surface area (Å²) in [6, 6.07) is 13.3. The molecule has 2 saturated heterocycles. The van der Waals surface area contributed by atoms with Crippen LogP contribution in [0.25, 0.3) is 21.8 Å². The van der Waals surface area contributed by atoms with Gasteiger partial charge in [0.2, 0.25) is 0 Å². The van der Waals surface area contributed by atoms with Crippen molar-refractivity contribution >= 4 is 56.3 Å². The number of hydrogen-bond acceptors (Lipinski definition) is 6. The maximum Gasteiger partial charge on any atom is 0.319 e. The van der Waals surface area contributed by atoms with Crippen molar-refractivity contribution in [3.63, 3.8) is 0 Å². The van der Waals surface area contributed by atoms with Crippen molar-refractivity contribution in [3.8, 4) is 0 Å². The van der Waals surface area contributed by atoms with Crippen LogP contribution >= 0.6 is 22.6 Å². The Labute approximate surface area is 319 Å². The molecule has 0 radical (unpaired) electrons. The van der Waals surface area contributed by atoms with Gasteiger partial charge < -0.3 is 19.4 Å². The van der Waals surface area contributed by atoms with E-state index < -0.39 is 10.8 Å². The van der Waals surface area contributed by atoms with E-state index in [0.29, 0.717) is 11.8 Å². The van der Waals surface area contributed by atoms with Crippen LogP contribution in [0, 0.1) is 22.3 Å². The van der Waals surface area contributed by atoms with E-state index in [4.69, 9.17) is 9.47 Å². The molecule has 12 rings (SSSR count). The normalized spacial score (nSPS) is 32.1. The molecule has 8 atom stereocenters. The van der Waals surface area contributed by atoms with Gasteiger partial charge in [0.25, 0.3) is 0 Å². The lowest BCUT2D eigenvalue weighted by Gasteiger charge is -2.53. The molecule has 2 aromatic heterocycles. The van der Waals surface area contributed by atoms with Gasteiger partial charge in [-0.25, -0.2) is 0 Å². The summed E-state index contributed by atoms with van der Waals surface area (Å²) in [4.78, 5) is 39.0. The van der Waals surface area contributed by atoms with Crippen LogP contribution in [-0.4, -0.2) is 84.2 Å². The third-order valence-corrected chi connectivity index (χ3v) is 14.1. The summed E-state index contributed by atoms with van der Waals surface area (Å²) in [7, 11) is 3.07. The van der Waals surface area contributed by atoms with E-state index in [1.165, 1.54) is 56.4 Å². The Morgan fingerprint density at radius 1 is 0.769 bits per heavy atom. The van der Waals surface area contributed by atoms with Crippen LogP contribution in [0.1, 0.15) is 67.6 Å². The van der Waals surface area contributed by atoms with E-state index in [1.54, 1.807) is 0 Å². The summed E-state index contributed by atoms with van der Waals surface area (Å²) in [6.45, 7) is 10.7. The van der Waals surface area contributed by atoms with Crippen LogP contribution in [0.15, 0.2) is 59.7 Å². The summed E-state index contributed by atoms with van der Waals surface area (Å²) < 4.78 is 12.1. The lowest BCUT2D eigenvalue weighted by molar-refractivity contribution is -0.154. The number of aromatic amines is 2. The van der Waals surface area contributed by atoms with E-state index in [0.717, 1.165) is 87.1 Å². The largest absolute Gasteiger partial charge is 0.468 e. The van der Waals surface area contributed by atoms with Crippen molar-refractivity contribution in [2.45, 2.75) is 82.2 Å². The summed E-state index contributed by atoms with van der Waals surface area (Å²) in [5.74, 6) is 0.683. The molecule has 2 aliphatic carbocycles. The van der Waals surface area contributed by atoms with Crippen molar-refractivity contribution in [1.82, 2.24) is 19.8 Å². The van der Waals surface area contributed by atoms with Gasteiger partial charge in [-0.05, 0) is 121 Å². The number of rotatable bonds is 4. The number of nitrogens with zero attached hydrogens (tertiary/aromatic N) is 2. The van der Waals surface area contributed by atoms with Gasteiger partial charge in [-0.2, -0.15) is 0 Å². The summed E-state index contributed by atoms with van der Waals surface area (Å²) in [6.07, 6.45) is 10.5. The Bertz CT molecular complexity index is 2040. The van der Waals surface area contributed by atoms with Crippen molar-refractivity contribution in [2.75, 3.05) is 40.4 Å². The van der Waals surface area contributed by atoms with Gasteiger partial charge in [0.1, 0.15) is 10.8 Å². The van der Waals surface area contributed by atoms with Crippen LogP contribution in [0.5, 0.6) is 0 Å². The first-order chi connectivity index (χ1) is 25.2. The molecule has 0 amide bonds. The lowest BCUT2D eigenvalue weighted by atomic mass is 9.60. The van der Waals surface area contributed by atoms with Gasteiger partial charge in [-0.1, -0.05) is 48.8 Å². The fourth-order valence-electron chi connectivity index (χ4n) is 11.6. The van der Waals surface area contributed by atoms with Crippen LogP contribution in [0.3, 0.4) is 0 Å². The van der Waals surface area contributed by atoms with Crippen molar-refractivity contribution in [2.24, 2.45) is 11.8 Å². The Kier molecular flexibility index (Phi) is 8.32. The minimum Gasteiger partial charge on any atom is -0.468 e. The average molecular weight is 813 g/mol. The smallest absolute Gasteiger partial charge is 0.319 e. The third-order valence-electron chi connectivity index (χ3n) is 13.4. The van der Waals surface area contributed by atoms with E-state index in [-0.39, 0.29) is 24.0 Å². The van der Waals surface area contributed by atoms with Crippen LogP contribution < -0.4 is 0 Å². The molecule has 8 bridgehead atoms. The molecule has 4 aromatic rings. The second-order valence-corrected chi connectivity index (χ2v) is 17.3. The number of piperidine rings is 2. The fraction of sp³-hybridized carbons (Fsp3) is 0.488. The number of halogens is 1. The third kappa shape index (κ3) is 4.76. The van der Waals surface area contributed by atoms with Crippen LogP contribution in [0.2, 0.25) is 0 Å². The quantitative estimate of drug-likeness (QED) is 0.128. The Morgan fingerprint density at radius 3 is 1.73 bits per heavy atom. The molecule has 52 heavy (non-hydrogen) atoms. The number of carbonyl (C=O) groups excluding carboxylic acids is 2. The highest BCUT2D eigenvalue weighted by molar-refractivity contribution is 14.1. The van der Waals surface area contributed by atoms with E-state index in [1.807, 2.05) is 0 Å². The first-order valence-electron chi connectivity index (χ1n) is 19.1. The number of nitrogens with one attached hydrogen (secondary N) is 2. The molecular weight excluding hydrogens is 763 g/mol. The predicted molar refractivity (Wildman–Crippen MR) is 213 cm³/mol. The molecule has 272 valence electrons. The minimum absolute atomic E-state index is 0.0809. The summed E-state index contributed by atoms with van der Waals surface area (Å²) >= 11 is 2.37. The number of benzene rings is 2. The molecule has 2 aromatic carbocycles. The Balaban J connectivity index is 0.000000138. The van der Waals surface area contributed by atoms with Gasteiger partial charge >= 0.3 is 11.9 Å². The van der Waals surface area contributed by atoms with Gasteiger partial charge in [-0.15, -0.1) is 0 Å². The monoisotopic (exact) mass is 812 g/mol.